The molecule has 0 saturated heterocycles. The van der Waals surface area contributed by atoms with Gasteiger partial charge < -0.3 is 5.32 Å². The van der Waals surface area contributed by atoms with Crippen molar-refractivity contribution >= 4 is 22.4 Å². The Morgan fingerprint density at radius 1 is 0.840 bits per heavy atom. The summed E-state index contributed by atoms with van der Waals surface area (Å²) in [6.45, 7) is 0. The van der Waals surface area contributed by atoms with E-state index in [4.69, 9.17) is 0 Å². The summed E-state index contributed by atoms with van der Waals surface area (Å²) in [7, 11) is 0. The van der Waals surface area contributed by atoms with Gasteiger partial charge in [0.25, 0.3) is 5.56 Å². The summed E-state index contributed by atoms with van der Waals surface area (Å²) >= 11 is 1.46. The van der Waals surface area contributed by atoms with Gasteiger partial charge in [-0.05, 0) is 0 Å². The van der Waals surface area contributed by atoms with Gasteiger partial charge in [-0.1, -0.05) is 60.7 Å². The maximum Gasteiger partial charge on any atom is 0.252 e. The van der Waals surface area contributed by atoms with Gasteiger partial charge in [-0.25, -0.2) is 9.97 Å². The average Bonchev–Trinajstić information content (AvgIpc) is 3.11. The van der Waals surface area contributed by atoms with E-state index in [0.717, 1.165) is 16.8 Å². The Kier molecular flexibility index (Phi) is 4.10. The Balaban J connectivity index is 1.62. The fourth-order valence-electron chi connectivity index (χ4n) is 2.45. The van der Waals surface area contributed by atoms with Crippen LogP contribution in [-0.2, 0) is 0 Å². The summed E-state index contributed by atoms with van der Waals surface area (Å²) in [6, 6.07) is 21.0. The third-order valence-corrected chi connectivity index (χ3v) is 4.37. The van der Waals surface area contributed by atoms with Crippen LogP contribution in [0.4, 0.5) is 11.1 Å². The van der Waals surface area contributed by atoms with Crippen molar-refractivity contribution in [3.05, 3.63) is 82.5 Å². The molecule has 5 nitrogen and oxygen atoms in total. The normalized spacial score (nSPS) is 10.6. The van der Waals surface area contributed by atoms with E-state index in [2.05, 4.69) is 20.3 Å². The second-order valence-corrected chi connectivity index (χ2v) is 6.23. The molecule has 2 aromatic heterocycles. The maximum absolute atomic E-state index is 11.9. The van der Waals surface area contributed by atoms with E-state index in [-0.39, 0.29) is 5.56 Å². The third-order valence-electron chi connectivity index (χ3n) is 3.61. The fourth-order valence-corrected chi connectivity index (χ4v) is 3.17. The molecule has 2 aromatic carbocycles. The topological polar surface area (TPSA) is 70.7 Å². The van der Waals surface area contributed by atoms with Crippen molar-refractivity contribution in [1.82, 2.24) is 15.0 Å². The lowest BCUT2D eigenvalue weighted by molar-refractivity contribution is 1.12. The van der Waals surface area contributed by atoms with Crippen LogP contribution in [0.1, 0.15) is 0 Å². The van der Waals surface area contributed by atoms with Gasteiger partial charge in [0.05, 0.1) is 11.4 Å². The molecular formula is C19H14N4OS. The summed E-state index contributed by atoms with van der Waals surface area (Å²) in [4.78, 5) is 23.7. The summed E-state index contributed by atoms with van der Waals surface area (Å²) < 4.78 is 0. The van der Waals surface area contributed by atoms with Gasteiger partial charge in [0.1, 0.15) is 0 Å². The van der Waals surface area contributed by atoms with Crippen LogP contribution in [0.5, 0.6) is 0 Å². The van der Waals surface area contributed by atoms with Crippen LogP contribution in [-0.4, -0.2) is 15.0 Å². The molecule has 0 aliphatic heterocycles. The van der Waals surface area contributed by atoms with Crippen LogP contribution >= 0.6 is 11.3 Å². The van der Waals surface area contributed by atoms with E-state index >= 15 is 0 Å². The molecule has 6 heteroatoms. The fraction of sp³-hybridized carbons (Fsp3) is 0. The number of hydrogen-bond donors (Lipinski definition) is 2. The zero-order valence-corrected chi connectivity index (χ0v) is 14.0. The van der Waals surface area contributed by atoms with Crippen LogP contribution in [0.25, 0.3) is 22.5 Å². The number of nitrogens with one attached hydrogen (secondary N) is 2. The Labute approximate surface area is 148 Å². The highest BCUT2D eigenvalue weighted by atomic mass is 32.1. The standard InChI is InChI=1S/C19H14N4OS/c24-17-11-15(13-7-3-1-4-8-13)20-18(22-17)23-19-21-16(12-25-19)14-9-5-2-6-10-14/h1-12H,(H2,20,21,22,23,24). The molecule has 0 saturated carbocycles. The molecule has 0 bridgehead atoms. The number of benzene rings is 2. The number of aromatic amines is 1. The molecule has 0 radical (unpaired) electrons. The molecule has 0 spiro atoms. The SMILES string of the molecule is O=c1cc(-c2ccccc2)nc(Nc2nc(-c3ccccc3)cs2)[nH]1. The number of rotatable bonds is 4. The zero-order valence-electron chi connectivity index (χ0n) is 13.1. The lowest BCUT2D eigenvalue weighted by Gasteiger charge is -2.05. The number of anilines is 2. The number of hydrogen-bond acceptors (Lipinski definition) is 5. The lowest BCUT2D eigenvalue weighted by Crippen LogP contribution is -2.10. The first-order chi connectivity index (χ1) is 12.3. The predicted octanol–water partition coefficient (Wildman–Crippen LogP) is 4.30. The number of nitrogens with zero attached hydrogens (tertiary/aromatic N) is 2. The number of thiazole rings is 1. The van der Waals surface area contributed by atoms with Crippen LogP contribution in [0.3, 0.4) is 0 Å². The minimum absolute atomic E-state index is 0.212. The lowest BCUT2D eigenvalue weighted by atomic mass is 10.1. The molecule has 0 unspecified atom stereocenters. The van der Waals surface area contributed by atoms with Crippen molar-refractivity contribution in [2.75, 3.05) is 5.32 Å². The van der Waals surface area contributed by atoms with Gasteiger partial charge in [0.15, 0.2) is 5.13 Å². The van der Waals surface area contributed by atoms with Gasteiger partial charge in [-0.2, -0.15) is 0 Å². The zero-order chi connectivity index (χ0) is 17.1. The highest BCUT2D eigenvalue weighted by Gasteiger charge is 2.08. The van der Waals surface area contributed by atoms with Crippen molar-refractivity contribution in [3.8, 4) is 22.5 Å². The first-order valence-corrected chi connectivity index (χ1v) is 8.61. The van der Waals surface area contributed by atoms with Crippen molar-refractivity contribution in [2.24, 2.45) is 0 Å². The summed E-state index contributed by atoms with van der Waals surface area (Å²) in [5, 5.41) is 5.73. The van der Waals surface area contributed by atoms with Gasteiger partial charge in [-0.15, -0.1) is 11.3 Å². The van der Waals surface area contributed by atoms with Crippen LogP contribution in [0.2, 0.25) is 0 Å². The Hall–Kier alpha value is -3.25. The Morgan fingerprint density at radius 3 is 2.16 bits per heavy atom. The first-order valence-electron chi connectivity index (χ1n) is 7.73. The van der Waals surface area contributed by atoms with E-state index in [1.165, 1.54) is 17.4 Å². The average molecular weight is 346 g/mol. The van der Waals surface area contributed by atoms with Crippen molar-refractivity contribution < 1.29 is 0 Å². The van der Waals surface area contributed by atoms with E-state index in [1.807, 2.05) is 66.0 Å². The molecule has 2 heterocycles. The second kappa shape index (κ2) is 6.70. The van der Waals surface area contributed by atoms with Crippen molar-refractivity contribution in [1.29, 1.82) is 0 Å². The minimum atomic E-state index is -0.212. The molecule has 0 fully saturated rings. The maximum atomic E-state index is 11.9. The number of H-pyrrole nitrogens is 1. The van der Waals surface area contributed by atoms with Gasteiger partial charge >= 0.3 is 0 Å². The number of aromatic nitrogens is 3. The van der Waals surface area contributed by atoms with Crippen molar-refractivity contribution in [2.45, 2.75) is 0 Å². The minimum Gasteiger partial charge on any atom is -0.302 e. The Bertz CT molecular complexity index is 1040. The van der Waals surface area contributed by atoms with Gasteiger partial charge in [0, 0.05) is 22.6 Å². The summed E-state index contributed by atoms with van der Waals surface area (Å²) in [6.07, 6.45) is 0. The van der Waals surface area contributed by atoms with E-state index in [0.29, 0.717) is 16.8 Å². The molecule has 0 amide bonds. The predicted molar refractivity (Wildman–Crippen MR) is 101 cm³/mol. The van der Waals surface area contributed by atoms with Crippen molar-refractivity contribution in [3.63, 3.8) is 0 Å². The summed E-state index contributed by atoms with van der Waals surface area (Å²) in [5.41, 5.74) is 3.23. The largest absolute Gasteiger partial charge is 0.302 e. The third kappa shape index (κ3) is 3.49. The molecule has 4 aromatic rings. The van der Waals surface area contributed by atoms with Gasteiger partial charge in [0.2, 0.25) is 5.95 Å². The monoisotopic (exact) mass is 346 g/mol. The van der Waals surface area contributed by atoms with E-state index in [1.54, 1.807) is 0 Å². The molecule has 0 aliphatic carbocycles. The second-order valence-electron chi connectivity index (χ2n) is 5.37. The first kappa shape index (κ1) is 15.3. The molecule has 0 aliphatic rings. The van der Waals surface area contributed by atoms with Crippen LogP contribution in [0.15, 0.2) is 76.9 Å². The molecular weight excluding hydrogens is 332 g/mol. The summed E-state index contributed by atoms with van der Waals surface area (Å²) in [5.74, 6) is 0.375. The molecule has 122 valence electrons. The van der Waals surface area contributed by atoms with E-state index < -0.39 is 0 Å². The van der Waals surface area contributed by atoms with Crippen LogP contribution < -0.4 is 10.9 Å². The van der Waals surface area contributed by atoms with Crippen LogP contribution in [0, 0.1) is 0 Å². The smallest absolute Gasteiger partial charge is 0.252 e. The highest BCUT2D eigenvalue weighted by Crippen LogP contribution is 2.26. The van der Waals surface area contributed by atoms with Gasteiger partial charge in [-0.3, -0.25) is 9.78 Å². The van der Waals surface area contributed by atoms with E-state index in [9.17, 15) is 4.79 Å². The Morgan fingerprint density at radius 2 is 1.48 bits per heavy atom. The highest BCUT2D eigenvalue weighted by molar-refractivity contribution is 7.14. The molecule has 4 rings (SSSR count). The molecule has 2 N–H and O–H groups in total. The molecule has 25 heavy (non-hydrogen) atoms. The quantitative estimate of drug-likeness (QED) is 0.578. The molecule has 0 atom stereocenters.